The minimum Gasteiger partial charge on any atom is -0.481 e. The van der Waals surface area contributed by atoms with E-state index in [0.29, 0.717) is 12.4 Å². The Morgan fingerprint density at radius 3 is 2.88 bits per heavy atom. The molecule has 0 aromatic carbocycles. The van der Waals surface area contributed by atoms with Crippen LogP contribution in [-0.2, 0) is 9.53 Å². The van der Waals surface area contributed by atoms with Crippen LogP contribution in [0.1, 0.15) is 17.8 Å². The van der Waals surface area contributed by atoms with Gasteiger partial charge in [-0.1, -0.05) is 0 Å². The van der Waals surface area contributed by atoms with Gasteiger partial charge in [-0.3, -0.25) is 9.78 Å². The number of carboxylic acids is 1. The largest absolute Gasteiger partial charge is 0.481 e. The van der Waals surface area contributed by atoms with Crippen LogP contribution in [0.25, 0.3) is 0 Å². The lowest BCUT2D eigenvalue weighted by atomic mass is 10.2. The number of hydrogen-bond donors (Lipinski definition) is 2. The molecule has 0 aliphatic rings. The van der Waals surface area contributed by atoms with Crippen molar-refractivity contribution in [2.75, 3.05) is 19.0 Å². The zero-order chi connectivity index (χ0) is 12.8. The van der Waals surface area contributed by atoms with E-state index in [1.165, 1.54) is 7.11 Å². The maximum atomic E-state index is 10.6. The van der Waals surface area contributed by atoms with Gasteiger partial charge in [-0.05, 0) is 13.8 Å². The number of methoxy groups -OCH3 is 1. The van der Waals surface area contributed by atoms with Crippen LogP contribution in [0.5, 0.6) is 0 Å². The van der Waals surface area contributed by atoms with E-state index in [0.717, 1.165) is 11.4 Å². The van der Waals surface area contributed by atoms with Crippen LogP contribution in [0.4, 0.5) is 5.82 Å². The summed E-state index contributed by atoms with van der Waals surface area (Å²) >= 11 is 0. The van der Waals surface area contributed by atoms with Crippen LogP contribution >= 0.6 is 0 Å². The monoisotopic (exact) mass is 239 g/mol. The van der Waals surface area contributed by atoms with Crippen LogP contribution < -0.4 is 5.32 Å². The van der Waals surface area contributed by atoms with Gasteiger partial charge < -0.3 is 15.2 Å². The average molecular weight is 239 g/mol. The van der Waals surface area contributed by atoms with E-state index in [1.54, 1.807) is 6.20 Å². The van der Waals surface area contributed by atoms with E-state index in [2.05, 4.69) is 15.3 Å². The van der Waals surface area contributed by atoms with Crippen molar-refractivity contribution in [3.05, 3.63) is 17.6 Å². The van der Waals surface area contributed by atoms with Gasteiger partial charge in [-0.25, -0.2) is 4.98 Å². The molecule has 1 aromatic rings. The molecule has 0 aliphatic carbocycles. The van der Waals surface area contributed by atoms with E-state index in [-0.39, 0.29) is 12.5 Å². The fourth-order valence-corrected chi connectivity index (χ4v) is 1.35. The molecule has 0 saturated heterocycles. The highest BCUT2D eigenvalue weighted by Crippen LogP contribution is 2.09. The Labute approximate surface area is 100 Å². The van der Waals surface area contributed by atoms with Crippen LogP contribution in [-0.4, -0.2) is 40.8 Å². The quantitative estimate of drug-likeness (QED) is 0.770. The van der Waals surface area contributed by atoms with Crippen LogP contribution in [0.15, 0.2) is 6.20 Å². The molecule has 1 unspecified atom stereocenters. The number of carboxylic acid groups (broad SMARTS) is 1. The van der Waals surface area contributed by atoms with E-state index in [4.69, 9.17) is 9.84 Å². The molecule has 1 rings (SSSR count). The minimum absolute atomic E-state index is 0.0399. The summed E-state index contributed by atoms with van der Waals surface area (Å²) in [4.78, 5) is 19.0. The van der Waals surface area contributed by atoms with Crippen LogP contribution in [0.3, 0.4) is 0 Å². The fourth-order valence-electron chi connectivity index (χ4n) is 1.35. The number of ether oxygens (including phenoxy) is 1. The van der Waals surface area contributed by atoms with Gasteiger partial charge in [0.2, 0.25) is 0 Å². The molecule has 6 heteroatoms. The smallest absolute Gasteiger partial charge is 0.306 e. The zero-order valence-corrected chi connectivity index (χ0v) is 10.2. The molecule has 2 N–H and O–H groups in total. The first-order valence-corrected chi connectivity index (χ1v) is 5.31. The Hall–Kier alpha value is -1.69. The molecule has 1 aromatic heterocycles. The van der Waals surface area contributed by atoms with E-state index in [9.17, 15) is 4.79 Å². The maximum absolute atomic E-state index is 10.6. The second-order valence-corrected chi connectivity index (χ2v) is 3.78. The summed E-state index contributed by atoms with van der Waals surface area (Å²) in [6, 6.07) is 0. The van der Waals surface area contributed by atoms with Gasteiger partial charge in [0.05, 0.1) is 23.9 Å². The predicted octanol–water partition coefficient (Wildman–Crippen LogP) is 0.995. The Bertz CT molecular complexity index is 396. The molecule has 0 bridgehead atoms. The van der Waals surface area contributed by atoms with Gasteiger partial charge in [0, 0.05) is 19.9 Å². The zero-order valence-electron chi connectivity index (χ0n) is 10.2. The summed E-state index contributed by atoms with van der Waals surface area (Å²) in [5, 5.41) is 11.7. The van der Waals surface area contributed by atoms with Gasteiger partial charge in [0.25, 0.3) is 0 Å². The molecule has 0 spiro atoms. The lowest BCUT2D eigenvalue weighted by molar-refractivity contribution is -0.139. The first kappa shape index (κ1) is 13.4. The minimum atomic E-state index is -0.884. The van der Waals surface area contributed by atoms with E-state index in [1.807, 2.05) is 13.8 Å². The van der Waals surface area contributed by atoms with Crippen molar-refractivity contribution in [1.82, 2.24) is 9.97 Å². The molecule has 17 heavy (non-hydrogen) atoms. The van der Waals surface area contributed by atoms with Gasteiger partial charge in [0.1, 0.15) is 5.82 Å². The Morgan fingerprint density at radius 2 is 2.29 bits per heavy atom. The number of aryl methyl sites for hydroxylation is 2. The number of aromatic nitrogens is 2. The normalized spacial score (nSPS) is 12.2. The summed E-state index contributed by atoms with van der Waals surface area (Å²) in [6.45, 7) is 4.08. The molecular weight excluding hydrogens is 222 g/mol. The molecule has 0 radical (unpaired) electrons. The number of aliphatic carboxylic acids is 1. The summed E-state index contributed by atoms with van der Waals surface area (Å²) < 4.78 is 5.06. The van der Waals surface area contributed by atoms with Crippen molar-refractivity contribution in [2.24, 2.45) is 0 Å². The molecule has 1 heterocycles. The highest BCUT2D eigenvalue weighted by Gasteiger charge is 2.12. The third-order valence-corrected chi connectivity index (χ3v) is 2.31. The fraction of sp³-hybridized carbons (Fsp3) is 0.545. The van der Waals surface area contributed by atoms with Gasteiger partial charge in [-0.2, -0.15) is 0 Å². The molecule has 0 aliphatic heterocycles. The van der Waals surface area contributed by atoms with Crippen molar-refractivity contribution in [2.45, 2.75) is 26.4 Å². The number of nitrogens with one attached hydrogen (secondary N) is 1. The summed E-state index contributed by atoms with van der Waals surface area (Å²) in [6.07, 6.45) is 1.27. The van der Waals surface area contributed by atoms with E-state index >= 15 is 0 Å². The average Bonchev–Trinajstić information content (AvgIpc) is 2.28. The molecule has 0 amide bonds. The number of rotatable bonds is 6. The molecule has 1 atom stereocenters. The first-order chi connectivity index (χ1) is 8.02. The number of anilines is 1. The summed E-state index contributed by atoms with van der Waals surface area (Å²) in [7, 11) is 1.49. The van der Waals surface area contributed by atoms with Gasteiger partial charge in [0.15, 0.2) is 0 Å². The number of nitrogens with zero attached hydrogens (tertiary/aromatic N) is 2. The molecule has 0 fully saturated rings. The Morgan fingerprint density at radius 1 is 1.59 bits per heavy atom. The third-order valence-electron chi connectivity index (χ3n) is 2.31. The SMILES string of the molecule is COC(CNc1nc(C)cnc1C)CC(=O)O. The molecule has 6 nitrogen and oxygen atoms in total. The van der Waals surface area contributed by atoms with Crippen molar-refractivity contribution in [1.29, 1.82) is 0 Å². The van der Waals surface area contributed by atoms with Crippen molar-refractivity contribution in [3.63, 3.8) is 0 Å². The number of carbonyl (C=O) groups is 1. The van der Waals surface area contributed by atoms with Gasteiger partial charge in [-0.15, -0.1) is 0 Å². The first-order valence-electron chi connectivity index (χ1n) is 5.31. The van der Waals surface area contributed by atoms with E-state index < -0.39 is 5.97 Å². The highest BCUT2D eigenvalue weighted by molar-refractivity contribution is 5.67. The van der Waals surface area contributed by atoms with Crippen LogP contribution in [0, 0.1) is 13.8 Å². The molecule has 0 saturated carbocycles. The van der Waals surface area contributed by atoms with Crippen LogP contribution in [0.2, 0.25) is 0 Å². The molecular formula is C11H17N3O3. The number of hydrogen-bond acceptors (Lipinski definition) is 5. The third kappa shape index (κ3) is 4.36. The summed E-state index contributed by atoms with van der Waals surface area (Å²) in [5.74, 6) is -0.219. The lowest BCUT2D eigenvalue weighted by Gasteiger charge is -2.15. The van der Waals surface area contributed by atoms with Crippen molar-refractivity contribution >= 4 is 11.8 Å². The second-order valence-electron chi connectivity index (χ2n) is 3.78. The summed E-state index contributed by atoms with van der Waals surface area (Å²) in [5.41, 5.74) is 1.59. The Kier molecular flexibility index (Phi) is 4.84. The Balaban J connectivity index is 2.59. The van der Waals surface area contributed by atoms with Crippen molar-refractivity contribution < 1.29 is 14.6 Å². The molecule has 94 valence electrons. The predicted molar refractivity (Wildman–Crippen MR) is 63.0 cm³/mol. The maximum Gasteiger partial charge on any atom is 0.306 e. The standard InChI is InChI=1S/C11H17N3O3/c1-7-5-12-8(2)11(14-7)13-6-9(17-3)4-10(15)16/h5,9H,4,6H2,1-3H3,(H,13,14)(H,15,16). The lowest BCUT2D eigenvalue weighted by Crippen LogP contribution is -2.25. The second kappa shape index (κ2) is 6.15. The topological polar surface area (TPSA) is 84.3 Å². The highest BCUT2D eigenvalue weighted by atomic mass is 16.5. The van der Waals surface area contributed by atoms with Crippen molar-refractivity contribution in [3.8, 4) is 0 Å². The van der Waals surface area contributed by atoms with Gasteiger partial charge >= 0.3 is 5.97 Å².